The molecule has 118 valence electrons. The first-order valence-corrected chi connectivity index (χ1v) is 7.21. The average molecular weight is 375 g/mol. The number of nitrogens with zero attached hydrogens (tertiary/aromatic N) is 2. The predicted molar refractivity (Wildman–Crippen MR) is 79.9 cm³/mol. The van der Waals surface area contributed by atoms with Gasteiger partial charge in [-0.3, -0.25) is 4.79 Å². The lowest BCUT2D eigenvalue weighted by Gasteiger charge is -2.16. The molecule has 0 saturated heterocycles. The van der Waals surface area contributed by atoms with E-state index in [0.29, 0.717) is 9.99 Å². The number of hydrogen-bond acceptors (Lipinski definition) is 4. The van der Waals surface area contributed by atoms with Gasteiger partial charge in [0.2, 0.25) is 0 Å². The number of carbonyl (C=O) groups is 1. The Bertz CT molecular complexity index is 818. The lowest BCUT2D eigenvalue weighted by atomic mass is 10.2. The number of benzene rings is 1. The van der Waals surface area contributed by atoms with Gasteiger partial charge in [0.25, 0.3) is 5.56 Å². The van der Waals surface area contributed by atoms with Gasteiger partial charge in [-0.05, 0) is 31.5 Å². The minimum Gasteiger partial charge on any atom is -0.461 e. The normalized spacial score (nSPS) is 11.7. The van der Waals surface area contributed by atoms with Crippen LogP contribution in [0.5, 0.6) is 0 Å². The van der Waals surface area contributed by atoms with E-state index in [1.807, 2.05) is 0 Å². The molecule has 0 saturated carbocycles. The molecule has 0 spiro atoms. The lowest BCUT2D eigenvalue weighted by Crippen LogP contribution is -2.37. The fourth-order valence-electron chi connectivity index (χ4n) is 1.97. The maximum Gasteiger partial charge on any atom is 0.389 e. The molecule has 0 unspecified atom stereocenters. The number of aromatic nitrogens is 2. The monoisotopic (exact) mass is 374 g/mol. The van der Waals surface area contributed by atoms with E-state index in [0.717, 1.165) is 10.1 Å². The minimum absolute atomic E-state index is 0.179. The molecule has 0 aliphatic rings. The third-order valence-electron chi connectivity index (χ3n) is 3.19. The minimum atomic E-state index is -4.10. The molecule has 0 atom stereocenters. The van der Waals surface area contributed by atoms with Crippen molar-refractivity contribution in [2.24, 2.45) is 7.05 Å². The van der Waals surface area contributed by atoms with Crippen LogP contribution in [0.1, 0.15) is 18.2 Å². The van der Waals surface area contributed by atoms with Crippen LogP contribution in [0.4, 0.5) is 8.78 Å². The Morgan fingerprint density at radius 1 is 1.45 bits per heavy atom. The number of rotatable bonds is 3. The molecule has 2 aromatic rings. The molecule has 1 aromatic carbocycles. The summed E-state index contributed by atoms with van der Waals surface area (Å²) in [4.78, 5) is 27.2. The highest BCUT2D eigenvalue weighted by atomic mass is 79.9. The molecule has 5 nitrogen and oxygen atoms in total. The molecular weight excluding hydrogens is 362 g/mol. The van der Waals surface area contributed by atoms with E-state index in [9.17, 15) is 18.4 Å². The quantitative estimate of drug-likeness (QED) is 0.774. The van der Waals surface area contributed by atoms with Crippen molar-refractivity contribution in [1.82, 2.24) is 9.55 Å². The third kappa shape index (κ3) is 2.63. The second kappa shape index (κ2) is 5.75. The van der Waals surface area contributed by atoms with Crippen LogP contribution in [0, 0.1) is 6.92 Å². The van der Waals surface area contributed by atoms with Crippen molar-refractivity contribution in [2.45, 2.75) is 19.8 Å². The lowest BCUT2D eigenvalue weighted by molar-refractivity contribution is -0.173. The summed E-state index contributed by atoms with van der Waals surface area (Å²) in [6.45, 7) is 2.99. The zero-order chi connectivity index (χ0) is 16.7. The van der Waals surface area contributed by atoms with Crippen molar-refractivity contribution in [3.63, 3.8) is 0 Å². The number of aryl methyl sites for hydroxylation is 2. The molecule has 0 aliphatic heterocycles. The summed E-state index contributed by atoms with van der Waals surface area (Å²) in [5.41, 5.74) is -0.772. The Balaban J connectivity index is 2.76. The fourth-order valence-corrected chi connectivity index (χ4v) is 2.30. The summed E-state index contributed by atoms with van der Waals surface area (Å²) >= 11 is 3.28. The van der Waals surface area contributed by atoms with Gasteiger partial charge in [0.05, 0.1) is 17.6 Å². The van der Waals surface area contributed by atoms with Crippen molar-refractivity contribution in [3.8, 4) is 0 Å². The third-order valence-corrected chi connectivity index (χ3v) is 4.04. The average Bonchev–Trinajstić information content (AvgIpc) is 2.45. The van der Waals surface area contributed by atoms with Gasteiger partial charge in [0.1, 0.15) is 0 Å². The first kappa shape index (κ1) is 16.5. The first-order chi connectivity index (χ1) is 10.2. The van der Waals surface area contributed by atoms with E-state index < -0.39 is 23.1 Å². The van der Waals surface area contributed by atoms with E-state index in [1.54, 1.807) is 13.0 Å². The molecular formula is C14H13BrF2N2O3. The van der Waals surface area contributed by atoms with Gasteiger partial charge in [-0.1, -0.05) is 15.9 Å². The number of ether oxygens (including phenoxy) is 1. The van der Waals surface area contributed by atoms with Crippen LogP contribution in [0.2, 0.25) is 0 Å². The number of alkyl halides is 2. The fraction of sp³-hybridized carbons (Fsp3) is 0.357. The maximum absolute atomic E-state index is 14.1. The van der Waals surface area contributed by atoms with Crippen LogP contribution < -0.4 is 5.56 Å². The summed E-state index contributed by atoms with van der Waals surface area (Å²) in [5, 5.41) is 0. The Morgan fingerprint density at radius 3 is 2.68 bits per heavy atom. The standard InChI is InChI=1S/C14H13BrF2N2O3/c1-4-22-13(21)14(16,17)11-12(20)19(3)10-5-7(2)8(15)6-9(10)18-11/h5-6H,4H2,1-3H3. The van der Waals surface area contributed by atoms with Crippen molar-refractivity contribution < 1.29 is 18.3 Å². The summed E-state index contributed by atoms with van der Waals surface area (Å²) in [7, 11) is 1.35. The van der Waals surface area contributed by atoms with E-state index in [1.165, 1.54) is 20.0 Å². The number of hydrogen-bond donors (Lipinski definition) is 0. The van der Waals surface area contributed by atoms with Crippen LogP contribution in [0.15, 0.2) is 21.4 Å². The second-order valence-electron chi connectivity index (χ2n) is 4.71. The highest BCUT2D eigenvalue weighted by Crippen LogP contribution is 2.28. The Morgan fingerprint density at radius 2 is 2.09 bits per heavy atom. The van der Waals surface area contributed by atoms with Crippen molar-refractivity contribution in [3.05, 3.63) is 38.2 Å². The molecule has 0 bridgehead atoms. The van der Waals surface area contributed by atoms with E-state index in [2.05, 4.69) is 25.7 Å². The molecule has 1 aromatic heterocycles. The zero-order valence-electron chi connectivity index (χ0n) is 12.1. The molecule has 22 heavy (non-hydrogen) atoms. The molecule has 0 amide bonds. The van der Waals surface area contributed by atoms with Crippen LogP contribution in [0.3, 0.4) is 0 Å². The van der Waals surface area contributed by atoms with Gasteiger partial charge in [0.15, 0.2) is 5.69 Å². The Hall–Kier alpha value is -1.83. The highest BCUT2D eigenvalue weighted by molar-refractivity contribution is 9.10. The van der Waals surface area contributed by atoms with Crippen LogP contribution in [-0.2, 0) is 22.5 Å². The van der Waals surface area contributed by atoms with Crippen LogP contribution in [-0.4, -0.2) is 22.1 Å². The topological polar surface area (TPSA) is 61.2 Å². The SMILES string of the molecule is CCOC(=O)C(F)(F)c1nc2cc(Br)c(C)cc2n(C)c1=O. The van der Waals surface area contributed by atoms with Gasteiger partial charge in [0, 0.05) is 11.5 Å². The summed E-state index contributed by atoms with van der Waals surface area (Å²) in [6, 6.07) is 3.18. The molecule has 2 rings (SSSR count). The molecule has 8 heteroatoms. The van der Waals surface area contributed by atoms with Crippen molar-refractivity contribution >= 4 is 32.9 Å². The van der Waals surface area contributed by atoms with Crippen molar-refractivity contribution in [1.29, 1.82) is 0 Å². The maximum atomic E-state index is 14.1. The van der Waals surface area contributed by atoms with Crippen LogP contribution >= 0.6 is 15.9 Å². The highest BCUT2D eigenvalue weighted by Gasteiger charge is 2.47. The Kier molecular flexibility index (Phi) is 4.32. The van der Waals surface area contributed by atoms with E-state index >= 15 is 0 Å². The predicted octanol–water partition coefficient (Wildman–Crippen LogP) is 2.66. The molecule has 0 aliphatic carbocycles. The summed E-state index contributed by atoms with van der Waals surface area (Å²) < 4.78 is 34.3. The Labute approximate surface area is 133 Å². The largest absolute Gasteiger partial charge is 0.461 e. The van der Waals surface area contributed by atoms with Crippen molar-refractivity contribution in [2.75, 3.05) is 6.61 Å². The summed E-state index contributed by atoms with van der Waals surface area (Å²) in [6.07, 6.45) is 0. The number of fused-ring (bicyclic) bond motifs is 1. The first-order valence-electron chi connectivity index (χ1n) is 6.42. The van der Waals surface area contributed by atoms with Crippen LogP contribution in [0.25, 0.3) is 11.0 Å². The molecule has 0 radical (unpaired) electrons. The zero-order valence-corrected chi connectivity index (χ0v) is 13.7. The smallest absolute Gasteiger partial charge is 0.389 e. The van der Waals surface area contributed by atoms with Gasteiger partial charge >= 0.3 is 11.9 Å². The van der Waals surface area contributed by atoms with Gasteiger partial charge < -0.3 is 9.30 Å². The number of halogens is 3. The molecule has 1 heterocycles. The second-order valence-corrected chi connectivity index (χ2v) is 5.56. The molecule has 0 N–H and O–H groups in total. The summed E-state index contributed by atoms with van der Waals surface area (Å²) in [5.74, 6) is -5.89. The molecule has 0 fully saturated rings. The van der Waals surface area contributed by atoms with E-state index in [4.69, 9.17) is 0 Å². The number of carbonyl (C=O) groups excluding carboxylic acids is 1. The van der Waals surface area contributed by atoms with Gasteiger partial charge in [-0.2, -0.15) is 8.78 Å². The number of esters is 1. The van der Waals surface area contributed by atoms with E-state index in [-0.39, 0.29) is 12.1 Å². The van der Waals surface area contributed by atoms with Gasteiger partial charge in [-0.15, -0.1) is 0 Å². The van der Waals surface area contributed by atoms with Gasteiger partial charge in [-0.25, -0.2) is 9.78 Å².